The number of pyridine rings is 1. The van der Waals surface area contributed by atoms with E-state index in [1.165, 1.54) is 0 Å². The fraction of sp³-hybridized carbons (Fsp3) is 0.222. The van der Waals surface area contributed by atoms with Crippen molar-refractivity contribution in [2.45, 2.75) is 12.5 Å². The van der Waals surface area contributed by atoms with Crippen LogP contribution in [0.4, 0.5) is 0 Å². The molecule has 0 spiro atoms. The molecule has 13 heavy (non-hydrogen) atoms. The molecule has 1 unspecified atom stereocenters. The monoisotopic (exact) mass is 175 g/mol. The fourth-order valence-electron chi connectivity index (χ4n) is 1.30. The van der Waals surface area contributed by atoms with Crippen LogP contribution >= 0.6 is 0 Å². The Morgan fingerprint density at radius 2 is 2.46 bits per heavy atom. The van der Waals surface area contributed by atoms with Crippen LogP contribution in [0.15, 0.2) is 23.3 Å². The average Bonchev–Trinajstić information content (AvgIpc) is 2.17. The van der Waals surface area contributed by atoms with Gasteiger partial charge < -0.3 is 5.73 Å². The van der Waals surface area contributed by atoms with Gasteiger partial charge in [0.2, 0.25) is 5.91 Å². The van der Waals surface area contributed by atoms with Crippen molar-refractivity contribution in [1.29, 1.82) is 0 Å². The van der Waals surface area contributed by atoms with Crippen LogP contribution in [0.3, 0.4) is 0 Å². The molecule has 4 heteroatoms. The molecular weight excluding hydrogens is 166 g/mol. The molecule has 0 aliphatic carbocycles. The summed E-state index contributed by atoms with van der Waals surface area (Å²) >= 11 is 0. The summed E-state index contributed by atoms with van der Waals surface area (Å²) in [6, 6.07) is 3.20. The average molecular weight is 175 g/mol. The molecule has 0 aromatic carbocycles. The number of hydrogen-bond acceptors (Lipinski definition) is 3. The third kappa shape index (κ3) is 1.42. The quantitative estimate of drug-likeness (QED) is 0.578. The summed E-state index contributed by atoms with van der Waals surface area (Å²) in [5, 5.41) is 1.58. The van der Waals surface area contributed by atoms with Gasteiger partial charge in [0.05, 0.1) is 10.7 Å². The second-order valence-electron chi connectivity index (χ2n) is 2.89. The maximum atomic E-state index is 10.9. The normalized spacial score (nSPS) is 19.5. The lowest BCUT2D eigenvalue weighted by Crippen LogP contribution is -2.38. The highest BCUT2D eigenvalue weighted by Gasteiger charge is 2.14. The Balaban J connectivity index is 2.55. The van der Waals surface area contributed by atoms with Crippen molar-refractivity contribution >= 4 is 12.0 Å². The Labute approximate surface area is 74.8 Å². The van der Waals surface area contributed by atoms with Crippen LogP contribution in [0.1, 0.15) is 6.42 Å². The van der Waals surface area contributed by atoms with Gasteiger partial charge in [-0.1, -0.05) is 6.08 Å². The predicted molar refractivity (Wildman–Crippen MR) is 47.1 cm³/mol. The van der Waals surface area contributed by atoms with Gasteiger partial charge in [0.1, 0.15) is 6.04 Å². The van der Waals surface area contributed by atoms with Gasteiger partial charge in [-0.25, -0.2) is 0 Å². The second-order valence-corrected chi connectivity index (χ2v) is 2.89. The van der Waals surface area contributed by atoms with Gasteiger partial charge in [0.25, 0.3) is 0 Å². The first-order valence-electron chi connectivity index (χ1n) is 4.06. The summed E-state index contributed by atoms with van der Waals surface area (Å²) in [5.41, 5.74) is 5.15. The number of amides is 1. The van der Waals surface area contributed by atoms with Crippen LogP contribution in [-0.4, -0.2) is 16.9 Å². The second kappa shape index (κ2) is 2.97. The van der Waals surface area contributed by atoms with E-state index < -0.39 is 6.04 Å². The minimum atomic E-state index is -0.420. The first-order chi connectivity index (χ1) is 6.27. The molecule has 1 amide bonds. The van der Waals surface area contributed by atoms with Crippen molar-refractivity contribution in [3.8, 4) is 0 Å². The molecule has 0 saturated heterocycles. The van der Waals surface area contributed by atoms with Crippen LogP contribution in [0.5, 0.6) is 0 Å². The van der Waals surface area contributed by atoms with E-state index in [9.17, 15) is 4.79 Å². The smallest absolute Gasteiger partial charge is 0.242 e. The number of rotatable bonds is 1. The van der Waals surface area contributed by atoms with Crippen LogP contribution in [0.2, 0.25) is 0 Å². The van der Waals surface area contributed by atoms with Crippen molar-refractivity contribution in [2.24, 2.45) is 10.7 Å². The highest BCUT2D eigenvalue weighted by atomic mass is 16.1. The van der Waals surface area contributed by atoms with Gasteiger partial charge in [-0.05, 0) is 18.6 Å². The Morgan fingerprint density at radius 3 is 3.23 bits per heavy atom. The van der Waals surface area contributed by atoms with Crippen LogP contribution in [-0.2, 0) is 4.79 Å². The molecule has 2 N–H and O–H groups in total. The molecule has 1 aromatic rings. The van der Waals surface area contributed by atoms with E-state index in [0.29, 0.717) is 6.42 Å². The van der Waals surface area contributed by atoms with Crippen molar-refractivity contribution in [3.05, 3.63) is 29.0 Å². The van der Waals surface area contributed by atoms with Crippen LogP contribution in [0, 0.1) is 0 Å². The lowest BCUT2D eigenvalue weighted by molar-refractivity contribution is -0.119. The first-order valence-corrected chi connectivity index (χ1v) is 4.06. The molecule has 2 rings (SSSR count). The summed E-state index contributed by atoms with van der Waals surface area (Å²) in [6.45, 7) is 0. The summed E-state index contributed by atoms with van der Waals surface area (Å²) < 4.78 is 0. The summed E-state index contributed by atoms with van der Waals surface area (Å²) in [5.74, 6) is -0.384. The van der Waals surface area contributed by atoms with E-state index in [-0.39, 0.29) is 5.91 Å². The molecule has 66 valence electrons. The van der Waals surface area contributed by atoms with E-state index in [1.54, 1.807) is 12.3 Å². The zero-order valence-electron chi connectivity index (χ0n) is 6.97. The SMILES string of the molecule is NC(=O)C1CC=c2ncccc2=N1. The zero-order valence-corrected chi connectivity index (χ0v) is 6.97. The number of fused-ring (bicyclic) bond motifs is 1. The molecule has 4 nitrogen and oxygen atoms in total. The van der Waals surface area contributed by atoms with E-state index in [2.05, 4.69) is 9.98 Å². The zero-order chi connectivity index (χ0) is 9.26. The standard InChI is InChI=1S/C9H9N3O/c10-9(13)8-4-3-6-7(12-8)2-1-5-11-6/h1-3,5,8H,4H2,(H2,10,13). The third-order valence-corrected chi connectivity index (χ3v) is 1.97. The Morgan fingerprint density at radius 1 is 1.62 bits per heavy atom. The van der Waals surface area contributed by atoms with Crippen molar-refractivity contribution < 1.29 is 4.79 Å². The first kappa shape index (κ1) is 7.91. The lowest BCUT2D eigenvalue weighted by Gasteiger charge is -2.07. The Hall–Kier alpha value is -1.71. The maximum absolute atomic E-state index is 10.9. The minimum absolute atomic E-state index is 0.384. The van der Waals surface area contributed by atoms with Gasteiger partial charge in [0, 0.05) is 6.20 Å². The highest BCUT2D eigenvalue weighted by Crippen LogP contribution is 1.98. The number of carbonyl (C=O) groups is 1. The highest BCUT2D eigenvalue weighted by molar-refractivity contribution is 5.81. The number of nitrogens with zero attached hydrogens (tertiary/aromatic N) is 2. The molecule has 1 atom stereocenters. The molecule has 2 heterocycles. The number of carbonyl (C=O) groups excluding carboxylic acids is 1. The lowest BCUT2D eigenvalue weighted by atomic mass is 10.1. The molecule has 0 radical (unpaired) electrons. The van der Waals surface area contributed by atoms with Gasteiger partial charge in [-0.2, -0.15) is 0 Å². The van der Waals surface area contributed by atoms with E-state index in [4.69, 9.17) is 5.73 Å². The topological polar surface area (TPSA) is 68.3 Å². The third-order valence-electron chi connectivity index (χ3n) is 1.97. The maximum Gasteiger partial charge on any atom is 0.242 e. The summed E-state index contributed by atoms with van der Waals surface area (Å²) in [4.78, 5) is 19.1. The van der Waals surface area contributed by atoms with Gasteiger partial charge >= 0.3 is 0 Å². The molecular formula is C9H9N3O. The number of hydrogen-bond donors (Lipinski definition) is 1. The fourth-order valence-corrected chi connectivity index (χ4v) is 1.30. The number of nitrogens with two attached hydrogens (primary N) is 1. The molecule has 0 saturated carbocycles. The molecule has 0 fully saturated rings. The Bertz CT molecular complexity index is 452. The number of primary amides is 1. The minimum Gasteiger partial charge on any atom is -0.368 e. The van der Waals surface area contributed by atoms with Crippen LogP contribution < -0.4 is 16.4 Å². The van der Waals surface area contributed by atoms with E-state index in [1.807, 2.05) is 12.1 Å². The number of aromatic nitrogens is 1. The summed E-state index contributed by atoms with van der Waals surface area (Å²) in [7, 11) is 0. The van der Waals surface area contributed by atoms with Gasteiger partial charge in [-0.15, -0.1) is 0 Å². The van der Waals surface area contributed by atoms with Gasteiger partial charge in [-0.3, -0.25) is 14.8 Å². The van der Waals surface area contributed by atoms with E-state index >= 15 is 0 Å². The summed E-state index contributed by atoms with van der Waals surface area (Å²) in [6.07, 6.45) is 4.15. The molecule has 1 aromatic heterocycles. The van der Waals surface area contributed by atoms with Crippen molar-refractivity contribution in [1.82, 2.24) is 4.98 Å². The molecule has 1 aliphatic heterocycles. The molecule has 0 bridgehead atoms. The van der Waals surface area contributed by atoms with Crippen molar-refractivity contribution in [2.75, 3.05) is 0 Å². The molecule has 1 aliphatic rings. The van der Waals surface area contributed by atoms with Gasteiger partial charge in [0.15, 0.2) is 0 Å². The largest absolute Gasteiger partial charge is 0.368 e. The van der Waals surface area contributed by atoms with E-state index in [0.717, 1.165) is 10.7 Å². The Kier molecular flexibility index (Phi) is 1.81. The van der Waals surface area contributed by atoms with Crippen molar-refractivity contribution in [3.63, 3.8) is 0 Å². The van der Waals surface area contributed by atoms with Crippen LogP contribution in [0.25, 0.3) is 6.08 Å². The predicted octanol–water partition coefficient (Wildman–Crippen LogP) is -1.26.